The van der Waals surface area contributed by atoms with Gasteiger partial charge in [-0.25, -0.2) is 0 Å². The molecular weight excluding hydrogens is 264 g/mol. The fraction of sp³-hybridized carbons (Fsp3) is 0.600. The molecule has 2 nitrogen and oxygen atoms in total. The maximum absolute atomic E-state index is 10.1. The first-order valence-electron chi connectivity index (χ1n) is 4.77. The number of thiophene rings is 1. The summed E-state index contributed by atoms with van der Waals surface area (Å²) in [7, 11) is 0. The average molecular weight is 277 g/mol. The van der Waals surface area contributed by atoms with E-state index in [1.807, 2.05) is 11.4 Å². The molecule has 1 N–H and O–H groups in total. The molecule has 0 aromatic carbocycles. The van der Waals surface area contributed by atoms with Crippen molar-refractivity contribution in [1.82, 2.24) is 0 Å². The number of halogens is 1. The number of hydrogen-bond acceptors (Lipinski definition) is 3. The average Bonchev–Trinajstić information content (AvgIpc) is 2.65. The summed E-state index contributed by atoms with van der Waals surface area (Å²) in [4.78, 5) is 0. The van der Waals surface area contributed by atoms with E-state index in [-0.39, 0.29) is 12.0 Å². The molecule has 1 aliphatic heterocycles. The highest BCUT2D eigenvalue weighted by atomic mass is 79.9. The highest BCUT2D eigenvalue weighted by Crippen LogP contribution is 2.32. The summed E-state index contributed by atoms with van der Waals surface area (Å²) in [5, 5.41) is 12.1. The van der Waals surface area contributed by atoms with Crippen LogP contribution >= 0.6 is 27.3 Å². The van der Waals surface area contributed by atoms with Crippen LogP contribution in [0.5, 0.6) is 0 Å². The Morgan fingerprint density at radius 2 is 2.50 bits per heavy atom. The Morgan fingerprint density at radius 1 is 1.64 bits per heavy atom. The van der Waals surface area contributed by atoms with E-state index in [9.17, 15) is 5.11 Å². The molecule has 1 saturated heterocycles. The van der Waals surface area contributed by atoms with E-state index >= 15 is 0 Å². The molecule has 14 heavy (non-hydrogen) atoms. The lowest BCUT2D eigenvalue weighted by Crippen LogP contribution is -2.23. The van der Waals surface area contributed by atoms with Crippen molar-refractivity contribution in [2.75, 3.05) is 13.2 Å². The van der Waals surface area contributed by atoms with Gasteiger partial charge in [-0.3, -0.25) is 0 Å². The minimum Gasteiger partial charge on any atom is -0.388 e. The Morgan fingerprint density at radius 3 is 3.07 bits per heavy atom. The smallest absolute Gasteiger partial charge is 0.0848 e. The minimum absolute atomic E-state index is 0.269. The fourth-order valence-corrected chi connectivity index (χ4v) is 2.97. The molecule has 78 valence electrons. The summed E-state index contributed by atoms with van der Waals surface area (Å²) in [5.41, 5.74) is 1.01. The minimum atomic E-state index is -0.363. The van der Waals surface area contributed by atoms with Crippen LogP contribution in [0.3, 0.4) is 0 Å². The lowest BCUT2D eigenvalue weighted by molar-refractivity contribution is -0.00982. The maximum atomic E-state index is 10.1. The number of ether oxygens (including phenoxy) is 1. The molecule has 2 atom stereocenters. The Hall–Kier alpha value is 0.1000. The van der Waals surface area contributed by atoms with Gasteiger partial charge in [0.2, 0.25) is 0 Å². The largest absolute Gasteiger partial charge is 0.388 e. The van der Waals surface area contributed by atoms with E-state index in [0.29, 0.717) is 6.61 Å². The number of aliphatic hydroxyl groups excluding tert-OH is 1. The van der Waals surface area contributed by atoms with Crippen molar-refractivity contribution < 1.29 is 9.84 Å². The van der Waals surface area contributed by atoms with E-state index in [0.717, 1.165) is 28.8 Å². The number of rotatable bonds is 2. The Balaban J connectivity index is 2.03. The second kappa shape index (κ2) is 4.75. The Bertz CT molecular complexity index is 294. The molecule has 1 fully saturated rings. The Kier molecular flexibility index (Phi) is 3.60. The van der Waals surface area contributed by atoms with Gasteiger partial charge in [0.15, 0.2) is 0 Å². The van der Waals surface area contributed by atoms with Gasteiger partial charge >= 0.3 is 0 Å². The predicted octanol–water partition coefficient (Wildman–Crippen LogP) is 2.97. The molecule has 0 amide bonds. The van der Waals surface area contributed by atoms with E-state index in [1.165, 1.54) is 0 Å². The first kappa shape index (κ1) is 10.6. The van der Waals surface area contributed by atoms with Crippen LogP contribution in [-0.2, 0) is 4.74 Å². The molecule has 0 spiro atoms. The summed E-state index contributed by atoms with van der Waals surface area (Å²) in [6.07, 6.45) is 1.76. The second-order valence-corrected chi connectivity index (χ2v) is 5.90. The van der Waals surface area contributed by atoms with Gasteiger partial charge < -0.3 is 9.84 Å². The Labute approximate surface area is 96.0 Å². The maximum Gasteiger partial charge on any atom is 0.0848 e. The molecule has 1 aromatic rings. The van der Waals surface area contributed by atoms with Gasteiger partial charge in [-0.1, -0.05) is 0 Å². The summed E-state index contributed by atoms with van der Waals surface area (Å²) in [6.45, 7) is 1.53. The first-order valence-corrected chi connectivity index (χ1v) is 6.44. The molecule has 2 heterocycles. The quantitative estimate of drug-likeness (QED) is 0.900. The van der Waals surface area contributed by atoms with Gasteiger partial charge in [-0.05, 0) is 45.8 Å². The van der Waals surface area contributed by atoms with Crippen LogP contribution in [0.1, 0.15) is 24.5 Å². The van der Waals surface area contributed by atoms with Gasteiger partial charge in [0, 0.05) is 12.5 Å². The van der Waals surface area contributed by atoms with E-state index < -0.39 is 0 Å². The summed E-state index contributed by atoms with van der Waals surface area (Å²) in [6, 6.07) is 1.99. The molecule has 0 radical (unpaired) electrons. The van der Waals surface area contributed by atoms with Gasteiger partial charge in [0.25, 0.3) is 0 Å². The lowest BCUT2D eigenvalue weighted by Gasteiger charge is -2.26. The van der Waals surface area contributed by atoms with E-state index in [1.54, 1.807) is 11.3 Å². The normalized spacial score (nSPS) is 24.9. The lowest BCUT2D eigenvalue weighted by atomic mass is 9.92. The molecule has 2 rings (SSSR count). The highest BCUT2D eigenvalue weighted by Gasteiger charge is 2.24. The van der Waals surface area contributed by atoms with Crippen molar-refractivity contribution >= 4 is 27.3 Å². The molecule has 1 aliphatic rings. The summed E-state index contributed by atoms with van der Waals surface area (Å²) in [5.74, 6) is 0.269. The van der Waals surface area contributed by atoms with E-state index in [2.05, 4.69) is 15.9 Å². The third-order valence-corrected chi connectivity index (χ3v) is 4.09. The van der Waals surface area contributed by atoms with Gasteiger partial charge in [-0.2, -0.15) is 0 Å². The topological polar surface area (TPSA) is 29.5 Å². The van der Waals surface area contributed by atoms with Crippen molar-refractivity contribution in [1.29, 1.82) is 0 Å². The van der Waals surface area contributed by atoms with Crippen LogP contribution in [0.2, 0.25) is 0 Å². The third kappa shape index (κ3) is 2.37. The van der Waals surface area contributed by atoms with Crippen molar-refractivity contribution in [3.63, 3.8) is 0 Å². The molecule has 0 aliphatic carbocycles. The van der Waals surface area contributed by atoms with Gasteiger partial charge in [0.05, 0.1) is 16.5 Å². The van der Waals surface area contributed by atoms with Crippen molar-refractivity contribution in [3.05, 3.63) is 20.8 Å². The van der Waals surface area contributed by atoms with E-state index in [4.69, 9.17) is 4.74 Å². The first-order chi connectivity index (χ1) is 6.77. The van der Waals surface area contributed by atoms with Crippen molar-refractivity contribution in [3.8, 4) is 0 Å². The highest BCUT2D eigenvalue weighted by molar-refractivity contribution is 9.11. The number of hydrogen-bond donors (Lipinski definition) is 1. The van der Waals surface area contributed by atoms with Gasteiger partial charge in [-0.15, -0.1) is 11.3 Å². The standard InChI is InChI=1S/C10H13BrO2S/c11-9-4-8(6-14-9)10(12)7-2-1-3-13-5-7/h4,6-7,10,12H,1-3,5H2. The van der Waals surface area contributed by atoms with Crippen LogP contribution in [0.25, 0.3) is 0 Å². The van der Waals surface area contributed by atoms with Crippen LogP contribution in [-0.4, -0.2) is 18.3 Å². The van der Waals surface area contributed by atoms with Crippen LogP contribution < -0.4 is 0 Å². The summed E-state index contributed by atoms with van der Waals surface area (Å²) >= 11 is 5.01. The monoisotopic (exact) mass is 276 g/mol. The van der Waals surface area contributed by atoms with Crippen molar-refractivity contribution in [2.45, 2.75) is 18.9 Å². The van der Waals surface area contributed by atoms with Crippen LogP contribution in [0, 0.1) is 5.92 Å². The zero-order valence-corrected chi connectivity index (χ0v) is 10.2. The van der Waals surface area contributed by atoms with Crippen molar-refractivity contribution in [2.24, 2.45) is 5.92 Å². The fourth-order valence-electron chi connectivity index (χ4n) is 1.77. The molecule has 4 heteroatoms. The van der Waals surface area contributed by atoms with Gasteiger partial charge in [0.1, 0.15) is 0 Å². The predicted molar refractivity (Wildman–Crippen MR) is 60.5 cm³/mol. The van der Waals surface area contributed by atoms with Crippen LogP contribution in [0.15, 0.2) is 15.2 Å². The molecular formula is C10H13BrO2S. The second-order valence-electron chi connectivity index (χ2n) is 3.61. The zero-order valence-electron chi connectivity index (χ0n) is 7.78. The van der Waals surface area contributed by atoms with Crippen LogP contribution in [0.4, 0.5) is 0 Å². The SMILES string of the molecule is OC(c1csc(Br)c1)C1CCCOC1. The molecule has 0 bridgehead atoms. The molecule has 1 aromatic heterocycles. The third-order valence-electron chi connectivity index (χ3n) is 2.57. The molecule has 2 unspecified atom stereocenters. The molecule has 0 saturated carbocycles. The number of aliphatic hydroxyl groups is 1. The zero-order chi connectivity index (χ0) is 9.97. The summed E-state index contributed by atoms with van der Waals surface area (Å²) < 4.78 is 6.44.